The summed E-state index contributed by atoms with van der Waals surface area (Å²) in [6.07, 6.45) is 1.24. The Morgan fingerprint density at radius 2 is 2.09 bits per heavy atom. The van der Waals surface area contributed by atoms with E-state index >= 15 is 0 Å². The number of hydrogen-bond acceptors (Lipinski definition) is 7. The molecule has 1 atom stereocenters. The van der Waals surface area contributed by atoms with Crippen LogP contribution in [0.25, 0.3) is 10.6 Å². The third-order valence-electron chi connectivity index (χ3n) is 5.24. The molecule has 3 heterocycles. The number of carbonyl (C=O) groups is 1. The van der Waals surface area contributed by atoms with E-state index in [1.807, 2.05) is 0 Å². The second-order valence-electron chi connectivity index (χ2n) is 7.85. The van der Waals surface area contributed by atoms with Crippen LogP contribution in [-0.4, -0.2) is 45.7 Å². The van der Waals surface area contributed by atoms with Crippen LogP contribution in [0.4, 0.5) is 34.1 Å². The summed E-state index contributed by atoms with van der Waals surface area (Å²) in [5, 5.41) is 6.69. The van der Waals surface area contributed by atoms with Crippen molar-refractivity contribution in [3.05, 3.63) is 41.7 Å². The van der Waals surface area contributed by atoms with Gasteiger partial charge in [-0.15, -0.1) is 0 Å². The Bertz CT molecular complexity index is 1200. The average Bonchev–Trinajstić information content (AvgIpc) is 3.25. The van der Waals surface area contributed by atoms with Crippen LogP contribution in [0.5, 0.6) is 0 Å². The van der Waals surface area contributed by atoms with Crippen molar-refractivity contribution in [1.82, 2.24) is 14.8 Å². The van der Waals surface area contributed by atoms with E-state index in [1.54, 1.807) is 7.05 Å². The fraction of sp³-hybridized carbons (Fsp3) is 0.350. The van der Waals surface area contributed by atoms with Gasteiger partial charge in [-0.25, -0.2) is 22.5 Å². The highest BCUT2D eigenvalue weighted by Gasteiger charge is 2.38. The summed E-state index contributed by atoms with van der Waals surface area (Å²) in [5.74, 6) is -4.85. The molecule has 176 valence electrons. The van der Waals surface area contributed by atoms with Crippen LogP contribution in [0.3, 0.4) is 0 Å². The van der Waals surface area contributed by atoms with Crippen LogP contribution in [0, 0.1) is 11.6 Å². The minimum atomic E-state index is -3.01. The smallest absolute Gasteiger partial charge is 0.277 e. The quantitative estimate of drug-likeness (QED) is 0.491. The molecular weight excluding hydrogens is 462 g/mol. The largest absolute Gasteiger partial charge is 0.389 e. The predicted molar refractivity (Wildman–Crippen MR) is 117 cm³/mol. The van der Waals surface area contributed by atoms with Crippen molar-refractivity contribution in [2.24, 2.45) is 12.8 Å². The molecule has 0 spiro atoms. The number of nitrogens with two attached hydrogens (primary N) is 2. The van der Waals surface area contributed by atoms with Crippen molar-refractivity contribution >= 4 is 33.8 Å². The van der Waals surface area contributed by atoms with Gasteiger partial charge in [-0.1, -0.05) is 11.3 Å². The van der Waals surface area contributed by atoms with E-state index in [-0.39, 0.29) is 39.3 Å². The highest BCUT2D eigenvalue weighted by atomic mass is 32.1. The molecule has 1 aliphatic rings. The van der Waals surface area contributed by atoms with Crippen molar-refractivity contribution in [3.8, 4) is 10.6 Å². The Kier molecular flexibility index (Phi) is 6.01. The number of benzene rings is 1. The molecule has 4 rings (SSSR count). The number of alkyl halides is 2. The number of thiazole rings is 1. The molecule has 5 N–H and O–H groups in total. The van der Waals surface area contributed by atoms with Crippen LogP contribution >= 0.6 is 11.3 Å². The number of hydrogen-bond donors (Lipinski definition) is 3. The molecule has 1 amide bonds. The molecule has 1 fully saturated rings. The predicted octanol–water partition coefficient (Wildman–Crippen LogP) is 3.22. The number of nitrogens with one attached hydrogen (secondary N) is 1. The number of rotatable bonds is 4. The van der Waals surface area contributed by atoms with Crippen LogP contribution in [-0.2, 0) is 7.05 Å². The van der Waals surface area contributed by atoms with Gasteiger partial charge in [0.25, 0.3) is 11.8 Å². The van der Waals surface area contributed by atoms with Crippen LogP contribution in [0.15, 0.2) is 24.4 Å². The monoisotopic (exact) mass is 483 g/mol. The molecular formula is C20H21F4N7OS. The normalized spacial score (nSPS) is 18.2. The van der Waals surface area contributed by atoms with Gasteiger partial charge in [-0.2, -0.15) is 5.10 Å². The number of anilines is 3. The SMILES string of the molecule is Cn1ncc(NC(=O)c2nc(-c3cc(F)ccc3F)sc2N)c1N1CC[C@H](N)CC(F)(F)C1. The second kappa shape index (κ2) is 8.63. The molecule has 1 aromatic carbocycles. The van der Waals surface area contributed by atoms with Crippen molar-refractivity contribution in [1.29, 1.82) is 0 Å². The van der Waals surface area contributed by atoms with Gasteiger partial charge in [0.15, 0.2) is 11.5 Å². The highest BCUT2D eigenvalue weighted by Crippen LogP contribution is 2.35. The summed E-state index contributed by atoms with van der Waals surface area (Å²) in [6, 6.07) is 2.23. The molecule has 8 nitrogen and oxygen atoms in total. The van der Waals surface area contributed by atoms with Crippen molar-refractivity contribution < 1.29 is 22.4 Å². The zero-order valence-corrected chi connectivity index (χ0v) is 18.3. The van der Waals surface area contributed by atoms with Gasteiger partial charge in [-0.05, 0) is 24.6 Å². The van der Waals surface area contributed by atoms with Gasteiger partial charge >= 0.3 is 0 Å². The molecule has 2 aromatic heterocycles. The summed E-state index contributed by atoms with van der Waals surface area (Å²) >= 11 is 0.824. The lowest BCUT2D eigenvalue weighted by molar-refractivity contribution is -0.000527. The topological polar surface area (TPSA) is 115 Å². The van der Waals surface area contributed by atoms with Gasteiger partial charge in [0, 0.05) is 31.6 Å². The zero-order chi connectivity index (χ0) is 23.9. The first-order valence-corrected chi connectivity index (χ1v) is 10.8. The summed E-state index contributed by atoms with van der Waals surface area (Å²) in [5.41, 5.74) is 11.5. The first-order chi connectivity index (χ1) is 15.5. The summed E-state index contributed by atoms with van der Waals surface area (Å²) in [7, 11) is 1.57. The van der Waals surface area contributed by atoms with Crippen molar-refractivity contribution in [2.75, 3.05) is 29.0 Å². The Morgan fingerprint density at radius 1 is 1.33 bits per heavy atom. The fourth-order valence-electron chi connectivity index (χ4n) is 3.76. The van der Waals surface area contributed by atoms with E-state index in [0.29, 0.717) is 6.42 Å². The van der Waals surface area contributed by atoms with Crippen LogP contribution < -0.4 is 21.7 Å². The molecule has 0 aliphatic carbocycles. The molecule has 1 aliphatic heterocycles. The lowest BCUT2D eigenvalue weighted by atomic mass is 10.1. The molecule has 0 saturated carbocycles. The molecule has 13 heteroatoms. The lowest BCUT2D eigenvalue weighted by Crippen LogP contribution is -2.37. The van der Waals surface area contributed by atoms with Crippen LogP contribution in [0.1, 0.15) is 23.3 Å². The van der Waals surface area contributed by atoms with Crippen molar-refractivity contribution in [2.45, 2.75) is 24.8 Å². The summed E-state index contributed by atoms with van der Waals surface area (Å²) < 4.78 is 57.6. The van der Waals surface area contributed by atoms with E-state index in [2.05, 4.69) is 15.4 Å². The Labute approximate surface area is 190 Å². The van der Waals surface area contributed by atoms with Gasteiger partial charge < -0.3 is 21.7 Å². The van der Waals surface area contributed by atoms with Crippen LogP contribution in [0.2, 0.25) is 0 Å². The molecule has 33 heavy (non-hydrogen) atoms. The number of aryl methyl sites for hydroxylation is 1. The highest BCUT2D eigenvalue weighted by molar-refractivity contribution is 7.19. The number of carbonyl (C=O) groups excluding carboxylic acids is 1. The van der Waals surface area contributed by atoms with Gasteiger partial charge in [0.05, 0.1) is 12.7 Å². The molecule has 0 bridgehead atoms. The maximum Gasteiger partial charge on any atom is 0.277 e. The minimum absolute atomic E-state index is 0.0103. The van der Waals surface area contributed by atoms with E-state index in [1.165, 1.54) is 15.8 Å². The maximum atomic E-state index is 14.3. The molecule has 0 unspecified atom stereocenters. The van der Waals surface area contributed by atoms with E-state index in [0.717, 1.165) is 29.5 Å². The fourth-order valence-corrected chi connectivity index (χ4v) is 4.60. The Morgan fingerprint density at radius 3 is 2.85 bits per heavy atom. The van der Waals surface area contributed by atoms with Crippen molar-refractivity contribution in [3.63, 3.8) is 0 Å². The number of amides is 1. The zero-order valence-electron chi connectivity index (χ0n) is 17.5. The number of nitrogen functional groups attached to an aromatic ring is 1. The lowest BCUT2D eigenvalue weighted by Gasteiger charge is -2.26. The van der Waals surface area contributed by atoms with Gasteiger partial charge in [0.1, 0.15) is 27.3 Å². The first kappa shape index (κ1) is 23.0. The first-order valence-electron chi connectivity index (χ1n) is 9.97. The maximum absolute atomic E-state index is 14.3. The van der Waals surface area contributed by atoms with E-state index in [4.69, 9.17) is 11.5 Å². The van der Waals surface area contributed by atoms with E-state index in [9.17, 15) is 22.4 Å². The number of nitrogens with zero attached hydrogens (tertiary/aromatic N) is 4. The molecule has 0 radical (unpaired) electrons. The Balaban J connectivity index is 1.61. The van der Waals surface area contributed by atoms with Gasteiger partial charge in [-0.3, -0.25) is 9.48 Å². The number of aromatic nitrogens is 3. The number of halogens is 4. The summed E-state index contributed by atoms with van der Waals surface area (Å²) in [6.45, 7) is -0.327. The van der Waals surface area contributed by atoms with Gasteiger partial charge in [0.2, 0.25) is 0 Å². The molecule has 3 aromatic rings. The second-order valence-corrected chi connectivity index (χ2v) is 8.88. The third-order valence-corrected chi connectivity index (χ3v) is 6.15. The third kappa shape index (κ3) is 4.78. The van der Waals surface area contributed by atoms with E-state index < -0.39 is 42.5 Å². The average molecular weight is 483 g/mol. The summed E-state index contributed by atoms with van der Waals surface area (Å²) in [4.78, 5) is 18.4. The Hall–Kier alpha value is -3.19. The minimum Gasteiger partial charge on any atom is -0.389 e. The standard InChI is InChI=1S/C20H21F4N7OS/c1-30-19(31-5-4-11(25)7-20(23,24)9-31)14(8-27-30)28-17(32)15-16(26)33-18(29-15)12-6-10(21)2-3-13(12)22/h2-3,6,8,11H,4-5,7,9,25-26H2,1H3,(H,28,32)/t11-/m0/s1. The molecule has 1 saturated heterocycles.